The molecule has 1 saturated heterocycles. The number of β-amino-alcohol motifs (C(OH)–C–C–N with tert-alkyl or cyclic N) is 1. The fourth-order valence-corrected chi connectivity index (χ4v) is 3.73. The van der Waals surface area contributed by atoms with Gasteiger partial charge in [-0.25, -0.2) is 0 Å². The second-order valence-corrected chi connectivity index (χ2v) is 7.75. The van der Waals surface area contributed by atoms with Crippen LogP contribution in [0.5, 0.6) is 11.5 Å². The Morgan fingerprint density at radius 3 is 2.96 bits per heavy atom. The van der Waals surface area contributed by atoms with E-state index < -0.39 is 6.10 Å². The van der Waals surface area contributed by atoms with Crippen molar-refractivity contribution < 1.29 is 14.6 Å². The van der Waals surface area contributed by atoms with Crippen LogP contribution in [0.1, 0.15) is 25.0 Å². The zero-order valence-corrected chi connectivity index (χ0v) is 15.0. The van der Waals surface area contributed by atoms with E-state index in [0.717, 1.165) is 18.7 Å². The van der Waals surface area contributed by atoms with E-state index in [1.54, 1.807) is 10.9 Å². The van der Waals surface area contributed by atoms with Crippen LogP contribution in [0.25, 0.3) is 0 Å². The maximum absolute atomic E-state index is 10.3. The summed E-state index contributed by atoms with van der Waals surface area (Å²) in [4.78, 5) is 2.23. The molecule has 1 fully saturated rings. The first-order valence-corrected chi connectivity index (χ1v) is 8.74. The maximum Gasteiger partial charge on any atom is 0.157 e. The van der Waals surface area contributed by atoms with Crippen molar-refractivity contribution in [2.24, 2.45) is 7.05 Å². The fourth-order valence-electron chi connectivity index (χ4n) is 3.73. The minimum absolute atomic E-state index is 0.118. The van der Waals surface area contributed by atoms with E-state index in [1.165, 1.54) is 11.1 Å². The lowest BCUT2D eigenvalue weighted by atomic mass is 10.00. The molecule has 2 aliphatic heterocycles. The molecule has 6 heteroatoms. The van der Waals surface area contributed by atoms with Gasteiger partial charge >= 0.3 is 0 Å². The second-order valence-electron chi connectivity index (χ2n) is 7.75. The van der Waals surface area contributed by atoms with Crippen molar-refractivity contribution in [3.8, 4) is 11.5 Å². The van der Waals surface area contributed by atoms with Gasteiger partial charge in [-0.2, -0.15) is 5.10 Å². The van der Waals surface area contributed by atoms with E-state index in [9.17, 15) is 5.11 Å². The number of aliphatic hydroxyl groups is 1. The number of aliphatic hydroxyl groups excluding tert-OH is 1. The maximum atomic E-state index is 10.3. The first-order chi connectivity index (χ1) is 11.9. The topological polar surface area (TPSA) is 59.8 Å². The normalized spacial score (nSPS) is 25.0. The van der Waals surface area contributed by atoms with Crippen LogP contribution >= 0.6 is 0 Å². The molecule has 25 heavy (non-hydrogen) atoms. The summed E-state index contributed by atoms with van der Waals surface area (Å²) in [6.07, 6.45) is 3.72. The van der Waals surface area contributed by atoms with Crippen LogP contribution in [0.2, 0.25) is 0 Å². The van der Waals surface area contributed by atoms with Crippen molar-refractivity contribution in [1.82, 2.24) is 14.7 Å². The number of likely N-dealkylation sites (tertiary alicyclic amines) is 1. The lowest BCUT2D eigenvalue weighted by Crippen LogP contribution is -2.29. The van der Waals surface area contributed by atoms with Gasteiger partial charge in [-0.05, 0) is 31.0 Å². The molecular formula is C19H25N3O3. The first-order valence-electron chi connectivity index (χ1n) is 8.74. The molecule has 0 unspecified atom stereocenters. The van der Waals surface area contributed by atoms with Gasteiger partial charge in [0.05, 0.1) is 12.4 Å². The summed E-state index contributed by atoms with van der Waals surface area (Å²) < 4.78 is 13.5. The number of hydrogen-bond acceptors (Lipinski definition) is 5. The number of rotatable bonds is 4. The Kier molecular flexibility index (Phi) is 3.96. The Labute approximate surface area is 148 Å². The molecule has 2 aromatic rings. The third kappa shape index (κ3) is 3.50. The monoisotopic (exact) mass is 343 g/mol. The Bertz CT molecular complexity index is 771. The SMILES string of the molecule is Cn1cc(O[C@@H]2CN(Cc3ccc4c(c3)CC(C)(C)O4)C[C@H]2O)cn1. The molecule has 0 aliphatic carbocycles. The predicted octanol–water partition coefficient (Wildman–Crippen LogP) is 1.76. The van der Waals surface area contributed by atoms with Crippen molar-refractivity contribution in [3.05, 3.63) is 41.7 Å². The lowest BCUT2D eigenvalue weighted by Gasteiger charge is -2.17. The highest BCUT2D eigenvalue weighted by atomic mass is 16.5. The largest absolute Gasteiger partial charge is 0.487 e. The highest BCUT2D eigenvalue weighted by molar-refractivity contribution is 5.41. The number of ether oxygens (including phenoxy) is 2. The van der Waals surface area contributed by atoms with Crippen molar-refractivity contribution in [3.63, 3.8) is 0 Å². The van der Waals surface area contributed by atoms with Crippen molar-refractivity contribution in [1.29, 1.82) is 0 Å². The van der Waals surface area contributed by atoms with Crippen LogP contribution in [0.3, 0.4) is 0 Å². The quantitative estimate of drug-likeness (QED) is 0.917. The zero-order chi connectivity index (χ0) is 17.6. The number of fused-ring (bicyclic) bond motifs is 1. The van der Waals surface area contributed by atoms with E-state index in [4.69, 9.17) is 9.47 Å². The van der Waals surface area contributed by atoms with Crippen LogP contribution < -0.4 is 9.47 Å². The van der Waals surface area contributed by atoms with E-state index in [-0.39, 0.29) is 11.7 Å². The fraction of sp³-hybridized carbons (Fsp3) is 0.526. The van der Waals surface area contributed by atoms with Gasteiger partial charge in [0.2, 0.25) is 0 Å². The highest BCUT2D eigenvalue weighted by Crippen LogP contribution is 2.35. The van der Waals surface area contributed by atoms with Crippen LogP contribution in [0.4, 0.5) is 0 Å². The Morgan fingerprint density at radius 1 is 1.36 bits per heavy atom. The molecular weight excluding hydrogens is 318 g/mol. The van der Waals surface area contributed by atoms with Gasteiger partial charge < -0.3 is 14.6 Å². The molecule has 3 heterocycles. The minimum Gasteiger partial charge on any atom is -0.487 e. The van der Waals surface area contributed by atoms with Crippen LogP contribution in [-0.4, -0.2) is 50.7 Å². The molecule has 2 aliphatic rings. The van der Waals surface area contributed by atoms with E-state index in [0.29, 0.717) is 18.8 Å². The molecule has 1 aromatic heterocycles. The summed E-state index contributed by atoms with van der Waals surface area (Å²) in [5, 5.41) is 14.4. The number of aromatic nitrogens is 2. The minimum atomic E-state index is -0.489. The predicted molar refractivity (Wildman–Crippen MR) is 93.8 cm³/mol. The molecule has 0 saturated carbocycles. The molecule has 0 spiro atoms. The number of hydrogen-bond donors (Lipinski definition) is 1. The standard InChI is InChI=1S/C19H25N3O3/c1-19(2)7-14-6-13(4-5-17(14)25-19)9-22-11-16(23)18(12-22)24-15-8-20-21(3)10-15/h4-6,8,10,16,18,23H,7,9,11-12H2,1-3H3/t16-,18-/m1/s1. The first kappa shape index (κ1) is 16.4. The van der Waals surface area contributed by atoms with Gasteiger partial charge in [-0.1, -0.05) is 12.1 Å². The molecule has 4 rings (SSSR count). The summed E-state index contributed by atoms with van der Waals surface area (Å²) in [5.74, 6) is 1.69. The van der Waals surface area contributed by atoms with Crippen LogP contribution in [0, 0.1) is 0 Å². The Balaban J connectivity index is 1.39. The van der Waals surface area contributed by atoms with Crippen molar-refractivity contribution in [2.75, 3.05) is 13.1 Å². The van der Waals surface area contributed by atoms with E-state index >= 15 is 0 Å². The van der Waals surface area contributed by atoms with Gasteiger partial charge in [-0.15, -0.1) is 0 Å². The molecule has 2 atom stereocenters. The number of aryl methyl sites for hydroxylation is 1. The van der Waals surface area contributed by atoms with E-state index in [1.807, 2.05) is 13.2 Å². The molecule has 0 radical (unpaired) electrons. The van der Waals surface area contributed by atoms with Gasteiger partial charge in [0.1, 0.15) is 23.6 Å². The molecule has 1 N–H and O–H groups in total. The Hall–Kier alpha value is -2.05. The summed E-state index contributed by atoms with van der Waals surface area (Å²) in [5.41, 5.74) is 2.40. The number of nitrogens with zero attached hydrogens (tertiary/aromatic N) is 3. The van der Waals surface area contributed by atoms with Crippen molar-refractivity contribution in [2.45, 2.75) is 44.6 Å². The third-order valence-electron chi connectivity index (χ3n) is 4.81. The average Bonchev–Trinajstić information content (AvgIpc) is 3.16. The summed E-state index contributed by atoms with van der Waals surface area (Å²) >= 11 is 0. The third-order valence-corrected chi connectivity index (χ3v) is 4.81. The summed E-state index contributed by atoms with van der Waals surface area (Å²) in [7, 11) is 1.85. The van der Waals surface area contributed by atoms with Gasteiger partial charge in [0.15, 0.2) is 5.75 Å². The molecule has 0 bridgehead atoms. The highest BCUT2D eigenvalue weighted by Gasteiger charge is 2.34. The Morgan fingerprint density at radius 2 is 2.20 bits per heavy atom. The summed E-state index contributed by atoms with van der Waals surface area (Å²) in [6.45, 7) is 6.35. The lowest BCUT2D eigenvalue weighted by molar-refractivity contribution is 0.0736. The average molecular weight is 343 g/mol. The molecule has 134 valence electrons. The second kappa shape index (κ2) is 6.04. The van der Waals surface area contributed by atoms with E-state index in [2.05, 4.69) is 42.0 Å². The summed E-state index contributed by atoms with van der Waals surface area (Å²) in [6, 6.07) is 6.41. The molecule has 0 amide bonds. The van der Waals surface area contributed by atoms with Crippen molar-refractivity contribution >= 4 is 0 Å². The zero-order valence-electron chi connectivity index (χ0n) is 15.0. The van der Waals surface area contributed by atoms with Crippen LogP contribution in [0.15, 0.2) is 30.6 Å². The molecule has 6 nitrogen and oxygen atoms in total. The van der Waals surface area contributed by atoms with Gasteiger partial charge in [0, 0.05) is 33.1 Å². The smallest absolute Gasteiger partial charge is 0.157 e. The molecule has 1 aromatic carbocycles. The van der Waals surface area contributed by atoms with Gasteiger partial charge in [-0.3, -0.25) is 9.58 Å². The van der Waals surface area contributed by atoms with Crippen LogP contribution in [-0.2, 0) is 20.0 Å². The van der Waals surface area contributed by atoms with Gasteiger partial charge in [0.25, 0.3) is 0 Å². The number of benzene rings is 1.